The zero-order valence-electron chi connectivity index (χ0n) is 10.4. The first-order valence-corrected chi connectivity index (χ1v) is 5.55. The van der Waals surface area contributed by atoms with Crippen molar-refractivity contribution in [3.63, 3.8) is 0 Å². The minimum Gasteiger partial charge on any atom is -0.467 e. The van der Waals surface area contributed by atoms with Gasteiger partial charge in [0.15, 0.2) is 12.4 Å². The Labute approximate surface area is 107 Å². The maximum absolute atomic E-state index is 12.1. The molecule has 0 amide bonds. The van der Waals surface area contributed by atoms with Gasteiger partial charge in [0.1, 0.15) is 0 Å². The smallest absolute Gasteiger partial charge is 0.422 e. The van der Waals surface area contributed by atoms with Crippen LogP contribution in [-0.2, 0) is 0 Å². The van der Waals surface area contributed by atoms with E-state index in [9.17, 15) is 13.2 Å². The molecule has 0 aliphatic heterocycles. The maximum Gasteiger partial charge on any atom is 0.422 e. The first-order valence-electron chi connectivity index (χ1n) is 5.55. The molecule has 0 unspecified atom stereocenters. The van der Waals surface area contributed by atoms with Crippen LogP contribution in [0.25, 0.3) is 5.82 Å². The highest BCUT2D eigenvalue weighted by atomic mass is 19.4. The van der Waals surface area contributed by atoms with E-state index >= 15 is 0 Å². The van der Waals surface area contributed by atoms with Crippen LogP contribution < -0.4 is 4.74 Å². The van der Waals surface area contributed by atoms with Gasteiger partial charge in [0, 0.05) is 18.0 Å². The third-order valence-corrected chi connectivity index (χ3v) is 2.43. The van der Waals surface area contributed by atoms with E-state index in [0.717, 1.165) is 5.56 Å². The van der Waals surface area contributed by atoms with Crippen LogP contribution in [0.1, 0.15) is 11.3 Å². The Bertz CT molecular complexity index is 578. The van der Waals surface area contributed by atoms with Crippen molar-refractivity contribution in [3.05, 3.63) is 35.7 Å². The SMILES string of the molecule is Cc1cccnc1-n1nc(OCC(F)(F)F)cc1C. The maximum atomic E-state index is 12.1. The predicted molar refractivity (Wildman–Crippen MR) is 62.4 cm³/mol. The second-order valence-corrected chi connectivity index (χ2v) is 4.08. The summed E-state index contributed by atoms with van der Waals surface area (Å²) in [5, 5.41) is 3.98. The summed E-state index contributed by atoms with van der Waals surface area (Å²) in [6.07, 6.45) is -2.78. The second kappa shape index (κ2) is 4.91. The summed E-state index contributed by atoms with van der Waals surface area (Å²) >= 11 is 0. The average Bonchev–Trinajstić information content (AvgIpc) is 2.68. The van der Waals surface area contributed by atoms with E-state index < -0.39 is 12.8 Å². The van der Waals surface area contributed by atoms with E-state index in [0.29, 0.717) is 11.5 Å². The second-order valence-electron chi connectivity index (χ2n) is 4.08. The van der Waals surface area contributed by atoms with Crippen molar-refractivity contribution in [1.29, 1.82) is 0 Å². The molecule has 0 aliphatic carbocycles. The molecule has 0 bridgehead atoms. The molecule has 0 saturated heterocycles. The van der Waals surface area contributed by atoms with Crippen LogP contribution in [-0.4, -0.2) is 27.5 Å². The van der Waals surface area contributed by atoms with Crippen molar-refractivity contribution in [2.24, 2.45) is 0 Å². The Hall–Kier alpha value is -2.05. The number of hydrogen-bond acceptors (Lipinski definition) is 3. The Kier molecular flexibility index (Phi) is 3.46. The van der Waals surface area contributed by atoms with Crippen LogP contribution in [0.4, 0.5) is 13.2 Å². The third kappa shape index (κ3) is 3.24. The molecule has 4 nitrogen and oxygen atoms in total. The number of ether oxygens (including phenoxy) is 1. The lowest BCUT2D eigenvalue weighted by Gasteiger charge is -2.07. The van der Waals surface area contributed by atoms with Crippen molar-refractivity contribution in [2.75, 3.05) is 6.61 Å². The highest BCUT2D eigenvalue weighted by Crippen LogP contribution is 2.20. The van der Waals surface area contributed by atoms with Crippen molar-refractivity contribution in [3.8, 4) is 11.7 Å². The molecule has 0 aromatic carbocycles. The summed E-state index contributed by atoms with van der Waals surface area (Å²) in [7, 11) is 0. The van der Waals surface area contributed by atoms with Crippen LogP contribution in [0.2, 0.25) is 0 Å². The molecule has 0 spiro atoms. The number of nitrogens with zero attached hydrogens (tertiary/aromatic N) is 3. The van der Waals surface area contributed by atoms with E-state index in [-0.39, 0.29) is 5.88 Å². The molecule has 0 fully saturated rings. The summed E-state index contributed by atoms with van der Waals surface area (Å²) in [5.41, 5.74) is 1.52. The van der Waals surface area contributed by atoms with Crippen molar-refractivity contribution < 1.29 is 17.9 Å². The van der Waals surface area contributed by atoms with E-state index in [1.165, 1.54) is 10.7 Å². The molecule has 2 aromatic heterocycles. The van der Waals surface area contributed by atoms with Gasteiger partial charge in [-0.3, -0.25) is 0 Å². The van der Waals surface area contributed by atoms with E-state index in [2.05, 4.69) is 14.8 Å². The quantitative estimate of drug-likeness (QED) is 0.861. The molecule has 0 atom stereocenters. The third-order valence-electron chi connectivity index (χ3n) is 2.43. The fraction of sp³-hybridized carbons (Fsp3) is 0.333. The fourth-order valence-corrected chi connectivity index (χ4v) is 1.59. The largest absolute Gasteiger partial charge is 0.467 e. The Morgan fingerprint density at radius 3 is 2.68 bits per heavy atom. The minimum atomic E-state index is -4.38. The number of pyridine rings is 1. The lowest BCUT2D eigenvalue weighted by molar-refractivity contribution is -0.154. The molecule has 19 heavy (non-hydrogen) atoms. The van der Waals surface area contributed by atoms with Crippen molar-refractivity contribution >= 4 is 0 Å². The number of halogens is 3. The van der Waals surface area contributed by atoms with Crippen molar-refractivity contribution in [1.82, 2.24) is 14.8 Å². The number of rotatable bonds is 3. The number of aryl methyl sites for hydroxylation is 2. The van der Waals surface area contributed by atoms with Gasteiger partial charge in [-0.2, -0.15) is 13.2 Å². The average molecular weight is 271 g/mol. The number of hydrogen-bond donors (Lipinski definition) is 0. The van der Waals surface area contributed by atoms with Crippen LogP contribution in [0.5, 0.6) is 5.88 Å². The zero-order chi connectivity index (χ0) is 14.0. The molecule has 0 saturated carbocycles. The molecular weight excluding hydrogens is 259 g/mol. The van der Waals surface area contributed by atoms with Gasteiger partial charge < -0.3 is 4.74 Å². The summed E-state index contributed by atoms with van der Waals surface area (Å²) < 4.78 is 42.3. The molecular formula is C12H12F3N3O. The Morgan fingerprint density at radius 2 is 2.05 bits per heavy atom. The van der Waals surface area contributed by atoms with Gasteiger partial charge in [-0.15, -0.1) is 5.10 Å². The van der Waals surface area contributed by atoms with Gasteiger partial charge in [0.25, 0.3) is 0 Å². The van der Waals surface area contributed by atoms with Gasteiger partial charge >= 0.3 is 6.18 Å². The van der Waals surface area contributed by atoms with E-state index in [1.54, 1.807) is 19.2 Å². The number of alkyl halides is 3. The predicted octanol–water partition coefficient (Wildman–Crippen LogP) is 2.83. The lowest BCUT2D eigenvalue weighted by Crippen LogP contribution is -2.19. The standard InChI is InChI=1S/C12H12F3N3O/c1-8-4-3-5-16-11(8)18-9(2)6-10(17-18)19-7-12(13,14)15/h3-6H,7H2,1-2H3. The lowest BCUT2D eigenvalue weighted by atomic mass is 10.3. The van der Waals surface area contributed by atoms with Crippen LogP contribution in [0, 0.1) is 13.8 Å². The molecule has 7 heteroatoms. The zero-order valence-corrected chi connectivity index (χ0v) is 10.4. The first-order chi connectivity index (χ1) is 8.87. The molecule has 2 heterocycles. The molecule has 102 valence electrons. The summed E-state index contributed by atoms with van der Waals surface area (Å²) in [6.45, 7) is 2.21. The topological polar surface area (TPSA) is 39.9 Å². The summed E-state index contributed by atoms with van der Waals surface area (Å²) in [6, 6.07) is 5.07. The molecule has 0 N–H and O–H groups in total. The Balaban J connectivity index is 2.25. The van der Waals surface area contributed by atoms with Crippen molar-refractivity contribution in [2.45, 2.75) is 20.0 Å². The molecule has 2 aromatic rings. The first kappa shape index (κ1) is 13.4. The molecule has 0 aliphatic rings. The van der Waals surface area contributed by atoms with Crippen LogP contribution >= 0.6 is 0 Å². The summed E-state index contributed by atoms with van der Waals surface area (Å²) in [4.78, 5) is 4.15. The van der Waals surface area contributed by atoms with E-state index in [1.807, 2.05) is 13.0 Å². The Morgan fingerprint density at radius 1 is 1.32 bits per heavy atom. The molecule has 2 rings (SSSR count). The highest BCUT2D eigenvalue weighted by Gasteiger charge is 2.29. The minimum absolute atomic E-state index is 0.0696. The summed E-state index contributed by atoms with van der Waals surface area (Å²) in [5.74, 6) is 0.502. The fourth-order valence-electron chi connectivity index (χ4n) is 1.59. The monoisotopic (exact) mass is 271 g/mol. The van der Waals surface area contributed by atoms with Crippen LogP contribution in [0.3, 0.4) is 0 Å². The highest BCUT2D eigenvalue weighted by molar-refractivity contribution is 5.34. The van der Waals surface area contributed by atoms with E-state index in [4.69, 9.17) is 0 Å². The normalized spacial score (nSPS) is 11.6. The molecule has 0 radical (unpaired) electrons. The van der Waals surface area contributed by atoms with Gasteiger partial charge in [-0.1, -0.05) is 6.07 Å². The van der Waals surface area contributed by atoms with Gasteiger partial charge in [-0.05, 0) is 25.5 Å². The van der Waals surface area contributed by atoms with Gasteiger partial charge in [0.2, 0.25) is 5.88 Å². The van der Waals surface area contributed by atoms with Crippen LogP contribution in [0.15, 0.2) is 24.4 Å². The number of aromatic nitrogens is 3. The van der Waals surface area contributed by atoms with Gasteiger partial charge in [0.05, 0.1) is 0 Å². The van der Waals surface area contributed by atoms with Gasteiger partial charge in [-0.25, -0.2) is 9.67 Å².